The summed E-state index contributed by atoms with van der Waals surface area (Å²) in [6.45, 7) is 2.56. The molecular formula is C19H22N2O3S. The number of benzene rings is 2. The van der Waals surface area contributed by atoms with Crippen molar-refractivity contribution in [3.05, 3.63) is 60.2 Å². The number of rotatable bonds is 5. The molecule has 0 aromatic heterocycles. The maximum atomic E-state index is 12.9. The SMILES string of the molecule is C[C@@H](c1ccccc1)N(C)S(=O)(=O)c1ccc(N2CCCC2=O)cc1. The van der Waals surface area contributed by atoms with Crippen molar-refractivity contribution in [1.82, 2.24) is 4.31 Å². The first-order valence-electron chi connectivity index (χ1n) is 8.34. The van der Waals surface area contributed by atoms with Gasteiger partial charge in [-0.1, -0.05) is 30.3 Å². The molecule has 6 heteroatoms. The Morgan fingerprint density at radius 1 is 1.04 bits per heavy atom. The molecule has 0 saturated carbocycles. The first-order valence-corrected chi connectivity index (χ1v) is 9.78. The van der Waals surface area contributed by atoms with Crippen LogP contribution >= 0.6 is 0 Å². The summed E-state index contributed by atoms with van der Waals surface area (Å²) in [6.07, 6.45) is 1.40. The summed E-state index contributed by atoms with van der Waals surface area (Å²) >= 11 is 0. The molecule has 0 bridgehead atoms. The molecule has 1 amide bonds. The van der Waals surface area contributed by atoms with Crippen molar-refractivity contribution >= 4 is 21.6 Å². The van der Waals surface area contributed by atoms with E-state index in [0.29, 0.717) is 13.0 Å². The molecule has 1 aliphatic rings. The zero-order valence-electron chi connectivity index (χ0n) is 14.4. The standard InChI is InChI=1S/C19H22N2O3S/c1-15(16-7-4-3-5-8-16)20(2)25(23,24)18-12-10-17(11-13-18)21-14-6-9-19(21)22/h3-5,7-8,10-13,15H,6,9,14H2,1-2H3/t15-/m0/s1. The van der Waals surface area contributed by atoms with E-state index < -0.39 is 10.0 Å². The predicted octanol–water partition coefficient (Wildman–Crippen LogP) is 3.20. The van der Waals surface area contributed by atoms with Crippen LogP contribution in [-0.2, 0) is 14.8 Å². The van der Waals surface area contributed by atoms with Crippen molar-refractivity contribution < 1.29 is 13.2 Å². The van der Waals surface area contributed by atoms with Gasteiger partial charge in [-0.05, 0) is 43.2 Å². The summed E-state index contributed by atoms with van der Waals surface area (Å²) in [4.78, 5) is 13.7. The minimum Gasteiger partial charge on any atom is -0.312 e. The van der Waals surface area contributed by atoms with Crippen LogP contribution in [0, 0.1) is 0 Å². The van der Waals surface area contributed by atoms with E-state index in [1.807, 2.05) is 37.3 Å². The summed E-state index contributed by atoms with van der Waals surface area (Å²) < 4.78 is 27.2. The lowest BCUT2D eigenvalue weighted by molar-refractivity contribution is -0.117. The minimum absolute atomic E-state index is 0.0884. The zero-order valence-corrected chi connectivity index (χ0v) is 15.2. The van der Waals surface area contributed by atoms with Crippen molar-refractivity contribution in [3.8, 4) is 0 Å². The maximum Gasteiger partial charge on any atom is 0.243 e. The van der Waals surface area contributed by atoms with Crippen LogP contribution < -0.4 is 4.90 Å². The van der Waals surface area contributed by atoms with Gasteiger partial charge in [-0.3, -0.25) is 4.79 Å². The Labute approximate surface area is 148 Å². The molecule has 3 rings (SSSR count). The monoisotopic (exact) mass is 358 g/mol. The third-order valence-electron chi connectivity index (χ3n) is 4.73. The smallest absolute Gasteiger partial charge is 0.243 e. The normalized spacial score (nSPS) is 16.4. The summed E-state index contributed by atoms with van der Waals surface area (Å²) in [5, 5.41) is 0. The Kier molecular flexibility index (Phi) is 4.92. The molecule has 132 valence electrons. The zero-order chi connectivity index (χ0) is 18.0. The second-order valence-electron chi connectivity index (χ2n) is 6.25. The molecule has 2 aromatic rings. The first kappa shape index (κ1) is 17.6. The van der Waals surface area contributed by atoms with E-state index >= 15 is 0 Å². The van der Waals surface area contributed by atoms with Crippen LogP contribution in [0.5, 0.6) is 0 Å². The van der Waals surface area contributed by atoms with Crippen molar-refractivity contribution in [2.24, 2.45) is 0 Å². The van der Waals surface area contributed by atoms with Gasteiger partial charge in [0.05, 0.1) is 4.90 Å². The molecule has 0 radical (unpaired) electrons. The van der Waals surface area contributed by atoms with E-state index in [2.05, 4.69) is 0 Å². The molecule has 0 unspecified atom stereocenters. The number of anilines is 1. The number of carbonyl (C=O) groups is 1. The Morgan fingerprint density at radius 3 is 2.24 bits per heavy atom. The fraction of sp³-hybridized carbons (Fsp3) is 0.316. The highest BCUT2D eigenvalue weighted by atomic mass is 32.2. The number of hydrogen-bond acceptors (Lipinski definition) is 3. The second-order valence-corrected chi connectivity index (χ2v) is 8.25. The van der Waals surface area contributed by atoms with Crippen LogP contribution in [0.25, 0.3) is 0 Å². The molecule has 1 atom stereocenters. The molecule has 0 aliphatic carbocycles. The van der Waals surface area contributed by atoms with Crippen LogP contribution in [0.15, 0.2) is 59.5 Å². The quantitative estimate of drug-likeness (QED) is 0.825. The van der Waals surface area contributed by atoms with Gasteiger partial charge in [0.25, 0.3) is 0 Å². The molecule has 0 N–H and O–H groups in total. The summed E-state index contributed by atoms with van der Waals surface area (Å²) in [5.41, 5.74) is 1.69. The molecular weight excluding hydrogens is 336 g/mol. The van der Waals surface area contributed by atoms with Gasteiger partial charge >= 0.3 is 0 Å². The van der Waals surface area contributed by atoms with Crippen LogP contribution in [0.4, 0.5) is 5.69 Å². The van der Waals surface area contributed by atoms with Gasteiger partial charge in [-0.2, -0.15) is 4.31 Å². The average molecular weight is 358 g/mol. The molecule has 25 heavy (non-hydrogen) atoms. The average Bonchev–Trinajstić information content (AvgIpc) is 3.07. The summed E-state index contributed by atoms with van der Waals surface area (Å²) in [6, 6.07) is 15.8. The highest BCUT2D eigenvalue weighted by molar-refractivity contribution is 7.89. The third kappa shape index (κ3) is 3.45. The number of sulfonamides is 1. The summed E-state index contributed by atoms with van der Waals surface area (Å²) in [5.74, 6) is 0.0884. The van der Waals surface area contributed by atoms with E-state index in [1.54, 1.807) is 36.2 Å². The number of hydrogen-bond donors (Lipinski definition) is 0. The topological polar surface area (TPSA) is 57.7 Å². The second kappa shape index (κ2) is 6.98. The van der Waals surface area contributed by atoms with E-state index in [-0.39, 0.29) is 16.8 Å². The van der Waals surface area contributed by atoms with E-state index in [9.17, 15) is 13.2 Å². The largest absolute Gasteiger partial charge is 0.312 e. The minimum atomic E-state index is -3.61. The fourth-order valence-electron chi connectivity index (χ4n) is 3.04. The fourth-order valence-corrected chi connectivity index (χ4v) is 4.39. The van der Waals surface area contributed by atoms with Crippen molar-refractivity contribution in [2.75, 3.05) is 18.5 Å². The lowest BCUT2D eigenvalue weighted by Crippen LogP contribution is -2.30. The molecule has 2 aromatic carbocycles. The van der Waals surface area contributed by atoms with Crippen molar-refractivity contribution in [1.29, 1.82) is 0 Å². The van der Waals surface area contributed by atoms with E-state index in [0.717, 1.165) is 17.7 Å². The lowest BCUT2D eigenvalue weighted by atomic mass is 10.1. The van der Waals surface area contributed by atoms with Crippen molar-refractivity contribution in [3.63, 3.8) is 0 Å². The van der Waals surface area contributed by atoms with Gasteiger partial charge in [0.15, 0.2) is 0 Å². The Bertz CT molecular complexity index is 848. The molecule has 1 fully saturated rings. The van der Waals surface area contributed by atoms with Gasteiger partial charge in [-0.25, -0.2) is 8.42 Å². The summed E-state index contributed by atoms with van der Waals surface area (Å²) in [7, 11) is -2.02. The Morgan fingerprint density at radius 2 is 1.68 bits per heavy atom. The van der Waals surface area contributed by atoms with Gasteiger partial charge in [0.2, 0.25) is 15.9 Å². The van der Waals surface area contributed by atoms with Gasteiger partial charge in [0.1, 0.15) is 0 Å². The van der Waals surface area contributed by atoms with Crippen LogP contribution in [-0.4, -0.2) is 32.2 Å². The maximum absolute atomic E-state index is 12.9. The Hall–Kier alpha value is -2.18. The van der Waals surface area contributed by atoms with Gasteiger partial charge in [0, 0.05) is 31.7 Å². The third-order valence-corrected chi connectivity index (χ3v) is 6.67. The van der Waals surface area contributed by atoms with Crippen molar-refractivity contribution in [2.45, 2.75) is 30.7 Å². The number of nitrogens with zero attached hydrogens (tertiary/aromatic N) is 2. The molecule has 0 spiro atoms. The predicted molar refractivity (Wildman–Crippen MR) is 97.8 cm³/mol. The Balaban J connectivity index is 1.83. The first-order chi connectivity index (χ1) is 11.9. The lowest BCUT2D eigenvalue weighted by Gasteiger charge is -2.25. The van der Waals surface area contributed by atoms with Crippen LogP contribution in [0.1, 0.15) is 31.4 Å². The molecule has 1 saturated heterocycles. The number of carbonyl (C=O) groups excluding carboxylic acids is 1. The highest BCUT2D eigenvalue weighted by Crippen LogP contribution is 2.28. The highest BCUT2D eigenvalue weighted by Gasteiger charge is 2.27. The van der Waals surface area contributed by atoms with Gasteiger partial charge in [-0.15, -0.1) is 0 Å². The molecule has 1 heterocycles. The molecule has 1 aliphatic heterocycles. The van der Waals surface area contributed by atoms with Crippen LogP contribution in [0.2, 0.25) is 0 Å². The van der Waals surface area contributed by atoms with E-state index in [4.69, 9.17) is 0 Å². The van der Waals surface area contributed by atoms with Crippen LogP contribution in [0.3, 0.4) is 0 Å². The number of amides is 1. The molecule has 5 nitrogen and oxygen atoms in total. The van der Waals surface area contributed by atoms with Gasteiger partial charge < -0.3 is 4.90 Å². The van der Waals surface area contributed by atoms with E-state index in [1.165, 1.54) is 4.31 Å².